The maximum absolute atomic E-state index is 13.9. The summed E-state index contributed by atoms with van der Waals surface area (Å²) in [7, 11) is 2.89. The van der Waals surface area contributed by atoms with Gasteiger partial charge >= 0.3 is 5.69 Å². The van der Waals surface area contributed by atoms with E-state index in [1.54, 1.807) is 12.1 Å². The quantitative estimate of drug-likeness (QED) is 0.721. The van der Waals surface area contributed by atoms with Crippen LogP contribution in [0.15, 0.2) is 32.3 Å². The second kappa shape index (κ2) is 4.66. The first-order valence-corrected chi connectivity index (χ1v) is 6.80. The molecule has 0 fully saturated rings. The normalized spacial score (nSPS) is 11.2. The van der Waals surface area contributed by atoms with E-state index in [0.717, 1.165) is 4.57 Å². The van der Waals surface area contributed by atoms with E-state index in [1.807, 2.05) is 0 Å². The Morgan fingerprint density at radius 1 is 1.24 bits per heavy atom. The molecule has 0 aliphatic rings. The van der Waals surface area contributed by atoms with Crippen LogP contribution in [0, 0.1) is 5.82 Å². The molecule has 0 amide bonds. The summed E-state index contributed by atoms with van der Waals surface area (Å²) in [6, 6.07) is 4.41. The minimum Gasteiger partial charge on any atom is -0.332 e. The van der Waals surface area contributed by atoms with Crippen LogP contribution < -0.4 is 11.2 Å². The molecule has 0 atom stereocenters. The number of nitrogens with one attached hydrogen (secondary N) is 1. The van der Waals surface area contributed by atoms with Crippen LogP contribution >= 0.6 is 15.9 Å². The summed E-state index contributed by atoms with van der Waals surface area (Å²) in [5, 5.41) is 0. The van der Waals surface area contributed by atoms with Gasteiger partial charge in [0.15, 0.2) is 5.65 Å². The Labute approximate surface area is 126 Å². The van der Waals surface area contributed by atoms with E-state index in [1.165, 1.54) is 24.7 Å². The number of hydrogen-bond donors (Lipinski definition) is 1. The van der Waals surface area contributed by atoms with Crippen LogP contribution in [-0.4, -0.2) is 19.1 Å². The van der Waals surface area contributed by atoms with E-state index in [4.69, 9.17) is 0 Å². The first-order chi connectivity index (χ1) is 9.90. The number of fused-ring (bicyclic) bond motifs is 1. The Morgan fingerprint density at radius 3 is 2.67 bits per heavy atom. The minimum atomic E-state index is -0.498. The number of aryl methyl sites for hydroxylation is 1. The van der Waals surface area contributed by atoms with Crippen LogP contribution in [0.1, 0.15) is 0 Å². The molecule has 1 aromatic carbocycles. The molecule has 6 nitrogen and oxygen atoms in total. The molecule has 0 radical (unpaired) electrons. The molecule has 0 aliphatic carbocycles. The third-order valence-electron chi connectivity index (χ3n) is 3.28. The number of H-pyrrole nitrogens is 1. The summed E-state index contributed by atoms with van der Waals surface area (Å²) in [5.41, 5.74) is -0.413. The third kappa shape index (κ3) is 2.02. The number of imidazole rings is 1. The number of halogens is 2. The van der Waals surface area contributed by atoms with Gasteiger partial charge in [0.05, 0.1) is 5.56 Å². The van der Waals surface area contributed by atoms with Crippen molar-refractivity contribution >= 4 is 27.1 Å². The Balaban J connectivity index is 2.40. The molecule has 8 heteroatoms. The summed E-state index contributed by atoms with van der Waals surface area (Å²) in [6.07, 6.45) is 0. The fourth-order valence-corrected chi connectivity index (χ4v) is 2.49. The van der Waals surface area contributed by atoms with Gasteiger partial charge in [0.25, 0.3) is 5.56 Å². The lowest BCUT2D eigenvalue weighted by atomic mass is 10.2. The van der Waals surface area contributed by atoms with Crippen LogP contribution in [0.3, 0.4) is 0 Å². The standard InChI is InChI=1S/C13H10BrFN4O2/c1-18-11-9(12(20)19(2)13(18)21)16-10(17-11)7-5-6(14)3-4-8(7)15/h3-5H,1-2H3,(H,16,17). The van der Waals surface area contributed by atoms with Gasteiger partial charge in [-0.05, 0) is 18.2 Å². The van der Waals surface area contributed by atoms with Crippen molar-refractivity contribution in [1.29, 1.82) is 0 Å². The highest BCUT2D eigenvalue weighted by Crippen LogP contribution is 2.24. The van der Waals surface area contributed by atoms with Crippen molar-refractivity contribution in [3.05, 3.63) is 49.3 Å². The van der Waals surface area contributed by atoms with Crippen molar-refractivity contribution in [2.75, 3.05) is 0 Å². The van der Waals surface area contributed by atoms with E-state index in [-0.39, 0.29) is 22.6 Å². The van der Waals surface area contributed by atoms with Crippen molar-refractivity contribution in [2.24, 2.45) is 14.1 Å². The van der Waals surface area contributed by atoms with Gasteiger partial charge in [0.1, 0.15) is 17.2 Å². The molecule has 2 aromatic heterocycles. The second-order valence-electron chi connectivity index (χ2n) is 4.61. The molecule has 3 rings (SSSR count). The number of benzene rings is 1. The molecular weight excluding hydrogens is 343 g/mol. The molecule has 1 N–H and O–H groups in total. The van der Waals surface area contributed by atoms with Crippen molar-refractivity contribution in [3.8, 4) is 11.4 Å². The Morgan fingerprint density at radius 2 is 1.95 bits per heavy atom. The zero-order valence-electron chi connectivity index (χ0n) is 11.1. The van der Waals surface area contributed by atoms with Gasteiger partial charge in [-0.15, -0.1) is 0 Å². The fraction of sp³-hybridized carbons (Fsp3) is 0.154. The first kappa shape index (κ1) is 13.7. The fourth-order valence-electron chi connectivity index (χ4n) is 2.13. The summed E-state index contributed by atoms with van der Waals surface area (Å²) < 4.78 is 16.8. The SMILES string of the molecule is Cn1c(=O)c2[nH]c(-c3cc(Br)ccc3F)nc2n(C)c1=O. The van der Waals surface area contributed by atoms with Gasteiger partial charge in [-0.1, -0.05) is 15.9 Å². The molecule has 0 unspecified atom stereocenters. The van der Waals surface area contributed by atoms with Crippen LogP contribution in [-0.2, 0) is 14.1 Å². The summed E-state index contributed by atoms with van der Waals surface area (Å²) in [5.74, 6) is -0.277. The lowest BCUT2D eigenvalue weighted by molar-refractivity contribution is 0.630. The molecule has 0 bridgehead atoms. The second-order valence-corrected chi connectivity index (χ2v) is 5.53. The van der Waals surface area contributed by atoms with Gasteiger partial charge in [0, 0.05) is 18.6 Å². The topological polar surface area (TPSA) is 72.7 Å². The van der Waals surface area contributed by atoms with Crippen molar-refractivity contribution < 1.29 is 4.39 Å². The molecule has 0 saturated heterocycles. The zero-order chi connectivity index (χ0) is 15.3. The molecule has 0 spiro atoms. The van der Waals surface area contributed by atoms with Gasteiger partial charge in [-0.2, -0.15) is 0 Å². The number of aromatic nitrogens is 4. The third-order valence-corrected chi connectivity index (χ3v) is 3.77. The van der Waals surface area contributed by atoms with Gasteiger partial charge in [0.2, 0.25) is 0 Å². The predicted molar refractivity (Wildman–Crippen MR) is 79.7 cm³/mol. The molecule has 3 aromatic rings. The van der Waals surface area contributed by atoms with E-state index in [2.05, 4.69) is 25.9 Å². The molecule has 0 aliphatic heterocycles. The lowest BCUT2D eigenvalue weighted by Gasteiger charge is -2.00. The van der Waals surface area contributed by atoms with Crippen LogP contribution in [0.2, 0.25) is 0 Å². The summed E-state index contributed by atoms with van der Waals surface area (Å²) in [6.45, 7) is 0. The van der Waals surface area contributed by atoms with Gasteiger partial charge in [-0.3, -0.25) is 13.9 Å². The van der Waals surface area contributed by atoms with Crippen molar-refractivity contribution in [2.45, 2.75) is 0 Å². The highest BCUT2D eigenvalue weighted by atomic mass is 79.9. The van der Waals surface area contributed by atoms with Crippen molar-refractivity contribution in [1.82, 2.24) is 19.1 Å². The number of hydrogen-bond acceptors (Lipinski definition) is 3. The van der Waals surface area contributed by atoms with Gasteiger partial charge < -0.3 is 4.98 Å². The van der Waals surface area contributed by atoms with Crippen LogP contribution in [0.5, 0.6) is 0 Å². The van der Waals surface area contributed by atoms with E-state index in [0.29, 0.717) is 4.47 Å². The summed E-state index contributed by atoms with van der Waals surface area (Å²) >= 11 is 3.26. The maximum atomic E-state index is 13.9. The van der Waals surface area contributed by atoms with Crippen LogP contribution in [0.4, 0.5) is 4.39 Å². The largest absolute Gasteiger partial charge is 0.332 e. The highest BCUT2D eigenvalue weighted by Gasteiger charge is 2.16. The average molecular weight is 353 g/mol. The monoisotopic (exact) mass is 352 g/mol. The maximum Gasteiger partial charge on any atom is 0.332 e. The Kier molecular flexibility index (Phi) is 3.05. The molecule has 108 valence electrons. The predicted octanol–water partition coefficient (Wildman–Crippen LogP) is 1.53. The average Bonchev–Trinajstić information content (AvgIpc) is 2.90. The lowest BCUT2D eigenvalue weighted by Crippen LogP contribution is -2.36. The first-order valence-electron chi connectivity index (χ1n) is 6.01. The number of aromatic amines is 1. The molecular formula is C13H10BrFN4O2. The van der Waals surface area contributed by atoms with E-state index < -0.39 is 17.1 Å². The van der Waals surface area contributed by atoms with E-state index in [9.17, 15) is 14.0 Å². The van der Waals surface area contributed by atoms with Crippen LogP contribution in [0.25, 0.3) is 22.6 Å². The highest BCUT2D eigenvalue weighted by molar-refractivity contribution is 9.10. The zero-order valence-corrected chi connectivity index (χ0v) is 12.7. The molecule has 0 saturated carbocycles. The van der Waals surface area contributed by atoms with Crippen molar-refractivity contribution in [3.63, 3.8) is 0 Å². The number of nitrogens with zero attached hydrogens (tertiary/aromatic N) is 3. The van der Waals surface area contributed by atoms with Gasteiger partial charge in [-0.25, -0.2) is 14.2 Å². The number of rotatable bonds is 1. The molecule has 21 heavy (non-hydrogen) atoms. The smallest absolute Gasteiger partial charge is 0.332 e. The summed E-state index contributed by atoms with van der Waals surface area (Å²) in [4.78, 5) is 30.9. The Hall–Kier alpha value is -2.22. The Bertz CT molecular complexity index is 986. The van der Waals surface area contributed by atoms with E-state index >= 15 is 0 Å². The molecule has 2 heterocycles. The minimum absolute atomic E-state index is 0.161.